The van der Waals surface area contributed by atoms with E-state index in [-0.39, 0.29) is 56.3 Å². The molecule has 19 heavy (non-hydrogen) atoms. The zero-order valence-electron chi connectivity index (χ0n) is 11.5. The van der Waals surface area contributed by atoms with Crippen LogP contribution in [0.25, 0.3) is 4.83 Å². The van der Waals surface area contributed by atoms with E-state index in [4.69, 9.17) is 0 Å². The van der Waals surface area contributed by atoms with E-state index in [1.54, 1.807) is 24.3 Å². The minimum absolute atomic E-state index is 0. The van der Waals surface area contributed by atoms with Gasteiger partial charge in [0.25, 0.3) is 0 Å². The molecule has 0 unspecified atom stereocenters. The number of rotatable bonds is 3. The van der Waals surface area contributed by atoms with Crippen LogP contribution in [0.1, 0.15) is 37.7 Å². The molecular weight excluding hydrogens is 287 g/mol. The summed E-state index contributed by atoms with van der Waals surface area (Å²) in [5.74, 6) is 0. The summed E-state index contributed by atoms with van der Waals surface area (Å²) < 4.78 is 23.8. The molecule has 1 aliphatic rings. The maximum atomic E-state index is 11.9. The minimum atomic E-state index is -3.64. The van der Waals surface area contributed by atoms with Crippen LogP contribution in [0.4, 0.5) is 0 Å². The number of aryl methyl sites for hydroxylation is 1. The average Bonchev–Trinajstić information content (AvgIpc) is 2.38. The Labute approximate surface area is 157 Å². The Bertz CT molecular complexity index is 530. The average molecular weight is 304 g/mol. The SMILES string of the molecule is Cc1ccc(S(=O)(=O)[N-]N=C2CCCCC2)cc1.[K+]. The van der Waals surface area contributed by atoms with Gasteiger partial charge in [-0.2, -0.15) is 0 Å². The standard InChI is InChI=1S/C13H17N2O2S.K/c1-11-7-9-13(10-8-11)18(16,17)15-14-12-5-3-2-4-6-12;/h7-10H,2-6H2,1H3;/q-1;+1. The molecule has 1 aromatic rings. The minimum Gasteiger partial charge on any atom is -0.491 e. The van der Waals surface area contributed by atoms with Crippen molar-refractivity contribution in [2.75, 3.05) is 0 Å². The molecule has 0 saturated heterocycles. The van der Waals surface area contributed by atoms with E-state index in [2.05, 4.69) is 9.93 Å². The maximum Gasteiger partial charge on any atom is 1.00 e. The Balaban J connectivity index is 0.00000180. The summed E-state index contributed by atoms with van der Waals surface area (Å²) in [6.45, 7) is 1.91. The first kappa shape index (κ1) is 17.3. The first-order valence-electron chi connectivity index (χ1n) is 6.17. The molecule has 0 heterocycles. The van der Waals surface area contributed by atoms with E-state index in [9.17, 15) is 8.42 Å². The van der Waals surface area contributed by atoms with E-state index in [0.717, 1.165) is 37.0 Å². The molecule has 0 amide bonds. The van der Waals surface area contributed by atoms with Crippen molar-refractivity contribution in [2.24, 2.45) is 5.10 Å². The van der Waals surface area contributed by atoms with Gasteiger partial charge < -0.3 is 9.93 Å². The van der Waals surface area contributed by atoms with Gasteiger partial charge in [0.1, 0.15) is 10.0 Å². The summed E-state index contributed by atoms with van der Waals surface area (Å²) in [6, 6.07) is 6.65. The Hall–Kier alpha value is 0.276. The Morgan fingerprint density at radius 2 is 1.63 bits per heavy atom. The van der Waals surface area contributed by atoms with Crippen molar-refractivity contribution < 1.29 is 59.8 Å². The molecule has 1 aromatic carbocycles. The van der Waals surface area contributed by atoms with Crippen molar-refractivity contribution in [1.29, 1.82) is 0 Å². The molecule has 4 nitrogen and oxygen atoms in total. The predicted octanol–water partition coefficient (Wildman–Crippen LogP) is 0.382. The number of hydrogen-bond donors (Lipinski definition) is 0. The largest absolute Gasteiger partial charge is 1.00 e. The zero-order chi connectivity index (χ0) is 13.0. The van der Waals surface area contributed by atoms with Crippen molar-refractivity contribution in [2.45, 2.75) is 43.9 Å². The molecule has 2 rings (SSSR count). The fourth-order valence-electron chi connectivity index (χ4n) is 1.93. The van der Waals surface area contributed by atoms with E-state index in [1.807, 2.05) is 6.92 Å². The van der Waals surface area contributed by atoms with Gasteiger partial charge in [0.15, 0.2) is 0 Å². The van der Waals surface area contributed by atoms with Gasteiger partial charge in [-0.05, 0) is 50.5 Å². The van der Waals surface area contributed by atoms with Crippen molar-refractivity contribution in [1.82, 2.24) is 0 Å². The van der Waals surface area contributed by atoms with Gasteiger partial charge in [-0.25, -0.2) is 8.42 Å². The third-order valence-corrected chi connectivity index (χ3v) is 4.20. The van der Waals surface area contributed by atoms with Crippen LogP contribution in [-0.2, 0) is 10.0 Å². The summed E-state index contributed by atoms with van der Waals surface area (Å²) in [5.41, 5.74) is 1.92. The summed E-state index contributed by atoms with van der Waals surface area (Å²) in [4.78, 5) is 3.74. The monoisotopic (exact) mass is 304 g/mol. The molecule has 0 radical (unpaired) electrons. The second-order valence-electron chi connectivity index (χ2n) is 4.60. The molecule has 0 aliphatic heterocycles. The fourth-order valence-corrected chi connectivity index (χ4v) is 2.73. The Morgan fingerprint density at radius 1 is 1.05 bits per heavy atom. The molecule has 0 atom stereocenters. The van der Waals surface area contributed by atoms with Gasteiger partial charge in [0.05, 0.1) is 4.90 Å². The maximum absolute atomic E-state index is 11.9. The van der Waals surface area contributed by atoms with Crippen LogP contribution < -0.4 is 51.4 Å². The Morgan fingerprint density at radius 3 is 2.21 bits per heavy atom. The summed E-state index contributed by atoms with van der Waals surface area (Å²) >= 11 is 0. The molecule has 0 bridgehead atoms. The van der Waals surface area contributed by atoms with E-state index < -0.39 is 10.0 Å². The van der Waals surface area contributed by atoms with E-state index in [0.29, 0.717) is 0 Å². The molecule has 1 fully saturated rings. The van der Waals surface area contributed by atoms with Crippen LogP contribution in [-0.4, -0.2) is 14.1 Å². The van der Waals surface area contributed by atoms with Crippen molar-refractivity contribution in [3.05, 3.63) is 34.7 Å². The molecule has 0 N–H and O–H groups in total. The van der Waals surface area contributed by atoms with Gasteiger partial charge in [0.2, 0.25) is 0 Å². The first-order valence-corrected chi connectivity index (χ1v) is 7.61. The first-order chi connectivity index (χ1) is 8.58. The van der Waals surface area contributed by atoms with Crippen LogP contribution >= 0.6 is 0 Å². The van der Waals surface area contributed by atoms with Crippen LogP contribution in [0.3, 0.4) is 0 Å². The number of sulfonamides is 1. The van der Waals surface area contributed by atoms with E-state index in [1.165, 1.54) is 6.42 Å². The number of hydrogen-bond acceptors (Lipinski definition) is 3. The zero-order valence-corrected chi connectivity index (χ0v) is 15.4. The normalized spacial score (nSPS) is 15.5. The summed E-state index contributed by atoms with van der Waals surface area (Å²) in [6.07, 6.45) is 5.10. The van der Waals surface area contributed by atoms with Crippen molar-refractivity contribution in [3.63, 3.8) is 0 Å². The Kier molecular flexibility index (Phi) is 7.21. The predicted molar refractivity (Wildman–Crippen MR) is 72.2 cm³/mol. The molecule has 1 aliphatic carbocycles. The van der Waals surface area contributed by atoms with Gasteiger partial charge in [-0.15, -0.1) is 0 Å². The fraction of sp³-hybridized carbons (Fsp3) is 0.462. The molecule has 0 spiro atoms. The summed E-state index contributed by atoms with van der Waals surface area (Å²) in [7, 11) is -3.64. The van der Waals surface area contributed by atoms with E-state index >= 15 is 0 Å². The van der Waals surface area contributed by atoms with Crippen LogP contribution in [0.5, 0.6) is 0 Å². The van der Waals surface area contributed by atoms with Crippen LogP contribution in [0.2, 0.25) is 0 Å². The number of benzene rings is 1. The van der Waals surface area contributed by atoms with Gasteiger partial charge in [-0.3, -0.25) is 0 Å². The van der Waals surface area contributed by atoms with Crippen molar-refractivity contribution in [3.8, 4) is 0 Å². The van der Waals surface area contributed by atoms with Gasteiger partial charge in [0, 0.05) is 0 Å². The van der Waals surface area contributed by atoms with Gasteiger partial charge >= 0.3 is 51.4 Å². The molecule has 6 heteroatoms. The topological polar surface area (TPSA) is 60.6 Å². The smallest absolute Gasteiger partial charge is 0.491 e. The summed E-state index contributed by atoms with van der Waals surface area (Å²) in [5, 5.41) is 3.91. The third-order valence-electron chi connectivity index (χ3n) is 3.04. The molecule has 98 valence electrons. The molecular formula is C13H17KN2O2S. The molecule has 0 aromatic heterocycles. The quantitative estimate of drug-likeness (QED) is 0.599. The second-order valence-corrected chi connectivity index (χ2v) is 6.18. The second kappa shape index (κ2) is 7.90. The number of nitrogens with zero attached hydrogens (tertiary/aromatic N) is 2. The van der Waals surface area contributed by atoms with Crippen LogP contribution in [0.15, 0.2) is 34.3 Å². The van der Waals surface area contributed by atoms with Crippen LogP contribution in [0, 0.1) is 6.92 Å². The third kappa shape index (κ3) is 5.28. The van der Waals surface area contributed by atoms with Crippen molar-refractivity contribution >= 4 is 15.7 Å². The molecule has 1 saturated carbocycles. The van der Waals surface area contributed by atoms with Gasteiger partial charge in [-0.1, -0.05) is 24.1 Å².